The van der Waals surface area contributed by atoms with Crippen molar-refractivity contribution >= 4 is 0 Å². The van der Waals surface area contributed by atoms with Crippen LogP contribution in [0.3, 0.4) is 0 Å². The van der Waals surface area contributed by atoms with Crippen LogP contribution in [-0.2, 0) is 18.4 Å². The molecule has 1 nitrogen and oxygen atoms in total. The molecule has 0 N–H and O–H groups in total. The Morgan fingerprint density at radius 3 is 2.45 bits per heavy atom. The quantitative estimate of drug-likeness (QED) is 0.720. The zero-order chi connectivity index (χ0) is 14.3. The van der Waals surface area contributed by atoms with E-state index in [1.165, 1.54) is 44.2 Å². The van der Waals surface area contributed by atoms with Crippen molar-refractivity contribution < 1.29 is 0 Å². The predicted molar refractivity (Wildman–Crippen MR) is 86.4 cm³/mol. The van der Waals surface area contributed by atoms with Crippen molar-refractivity contribution in [1.29, 1.82) is 0 Å². The number of nitrogens with zero attached hydrogens (tertiary/aromatic N) is 1. The molecule has 0 amide bonds. The summed E-state index contributed by atoms with van der Waals surface area (Å²) in [5.41, 5.74) is 6.81. The molecule has 1 fully saturated rings. The Morgan fingerprint density at radius 1 is 1.10 bits per heavy atom. The summed E-state index contributed by atoms with van der Waals surface area (Å²) in [6.07, 6.45) is 6.94. The first-order valence-electron chi connectivity index (χ1n) is 8.30. The molecular weight excluding hydrogens is 242 g/mol. The van der Waals surface area contributed by atoms with Crippen LogP contribution < -0.4 is 0 Å². The van der Waals surface area contributed by atoms with E-state index in [1.54, 1.807) is 16.7 Å². The van der Waals surface area contributed by atoms with E-state index >= 15 is 0 Å². The molecule has 0 bridgehead atoms. The van der Waals surface area contributed by atoms with Crippen LogP contribution in [0.4, 0.5) is 0 Å². The zero-order valence-electron chi connectivity index (χ0n) is 13.6. The molecule has 1 saturated carbocycles. The van der Waals surface area contributed by atoms with Gasteiger partial charge in [-0.25, -0.2) is 0 Å². The average Bonchev–Trinajstić information content (AvgIpc) is 2.89. The van der Waals surface area contributed by atoms with Gasteiger partial charge in [-0.1, -0.05) is 45.7 Å². The number of hydrogen-bond acceptors (Lipinski definition) is 1. The standard InChI is InChI=1S/C19H29N/c1-19(2,3)16-11-15-13-20(4)10-9-17(15)18(12-16)14-7-5-6-8-14/h11-12,14H,5-10,13H2,1-4H3. The second-order valence-electron chi connectivity index (χ2n) is 7.92. The average molecular weight is 271 g/mol. The van der Waals surface area contributed by atoms with Gasteiger partial charge in [-0.2, -0.15) is 0 Å². The number of hydrogen-bond donors (Lipinski definition) is 0. The third kappa shape index (κ3) is 2.65. The van der Waals surface area contributed by atoms with Gasteiger partial charge in [0.2, 0.25) is 0 Å². The van der Waals surface area contributed by atoms with Gasteiger partial charge in [0.05, 0.1) is 0 Å². The van der Waals surface area contributed by atoms with Crippen LogP contribution in [0.25, 0.3) is 0 Å². The highest BCUT2D eigenvalue weighted by molar-refractivity contribution is 5.45. The van der Waals surface area contributed by atoms with Crippen LogP contribution in [0.5, 0.6) is 0 Å². The van der Waals surface area contributed by atoms with Gasteiger partial charge >= 0.3 is 0 Å². The summed E-state index contributed by atoms with van der Waals surface area (Å²) < 4.78 is 0. The third-order valence-corrected chi connectivity index (χ3v) is 5.22. The molecule has 0 unspecified atom stereocenters. The van der Waals surface area contributed by atoms with Crippen molar-refractivity contribution in [2.45, 2.75) is 70.8 Å². The molecule has 20 heavy (non-hydrogen) atoms. The maximum absolute atomic E-state index is 2.56. The first-order valence-corrected chi connectivity index (χ1v) is 8.30. The van der Waals surface area contributed by atoms with E-state index in [0.29, 0.717) is 0 Å². The maximum Gasteiger partial charge on any atom is 0.0233 e. The monoisotopic (exact) mass is 271 g/mol. The molecule has 110 valence electrons. The van der Waals surface area contributed by atoms with Gasteiger partial charge in [0, 0.05) is 13.1 Å². The van der Waals surface area contributed by atoms with Crippen molar-refractivity contribution in [3.8, 4) is 0 Å². The largest absolute Gasteiger partial charge is 0.302 e. The molecule has 0 atom stereocenters. The highest BCUT2D eigenvalue weighted by atomic mass is 15.1. The van der Waals surface area contributed by atoms with Crippen LogP contribution in [-0.4, -0.2) is 18.5 Å². The Labute approximate surface area is 124 Å². The minimum absolute atomic E-state index is 0.262. The lowest BCUT2D eigenvalue weighted by Gasteiger charge is -2.31. The minimum atomic E-state index is 0.262. The molecule has 1 aliphatic carbocycles. The molecule has 1 aliphatic heterocycles. The second kappa shape index (κ2) is 5.18. The molecule has 0 aromatic heterocycles. The zero-order valence-corrected chi connectivity index (χ0v) is 13.6. The van der Waals surface area contributed by atoms with Crippen molar-refractivity contribution in [3.05, 3.63) is 34.4 Å². The first-order chi connectivity index (χ1) is 9.45. The molecular formula is C19H29N. The highest BCUT2D eigenvalue weighted by Gasteiger charge is 2.26. The van der Waals surface area contributed by atoms with Crippen LogP contribution in [0.15, 0.2) is 12.1 Å². The van der Waals surface area contributed by atoms with Gasteiger partial charge in [0.1, 0.15) is 0 Å². The molecule has 1 heterocycles. The number of benzene rings is 1. The summed E-state index contributed by atoms with van der Waals surface area (Å²) in [4.78, 5) is 2.47. The summed E-state index contributed by atoms with van der Waals surface area (Å²) >= 11 is 0. The topological polar surface area (TPSA) is 3.24 Å². The van der Waals surface area contributed by atoms with E-state index < -0.39 is 0 Å². The smallest absolute Gasteiger partial charge is 0.0233 e. The molecule has 3 rings (SSSR count). The lowest BCUT2D eigenvalue weighted by Crippen LogP contribution is -2.28. The van der Waals surface area contributed by atoms with Crippen LogP contribution in [0, 0.1) is 0 Å². The Kier molecular flexibility index (Phi) is 3.66. The van der Waals surface area contributed by atoms with E-state index in [0.717, 1.165) is 12.5 Å². The van der Waals surface area contributed by atoms with Gasteiger partial charge in [0.15, 0.2) is 0 Å². The molecule has 0 saturated heterocycles. The normalized spacial score (nSPS) is 21.2. The van der Waals surface area contributed by atoms with Gasteiger partial charge < -0.3 is 4.90 Å². The van der Waals surface area contributed by atoms with Gasteiger partial charge in [-0.15, -0.1) is 0 Å². The van der Waals surface area contributed by atoms with Crippen molar-refractivity contribution in [2.24, 2.45) is 0 Å². The summed E-state index contributed by atoms with van der Waals surface area (Å²) in [6, 6.07) is 5.05. The molecule has 2 aliphatic rings. The Balaban J connectivity index is 2.08. The first kappa shape index (κ1) is 14.1. The fourth-order valence-corrected chi connectivity index (χ4v) is 3.91. The molecule has 1 aromatic carbocycles. The molecule has 0 radical (unpaired) electrons. The van der Waals surface area contributed by atoms with Crippen LogP contribution in [0.1, 0.15) is 74.6 Å². The summed E-state index contributed by atoms with van der Waals surface area (Å²) in [7, 11) is 2.25. The third-order valence-electron chi connectivity index (χ3n) is 5.22. The summed E-state index contributed by atoms with van der Waals surface area (Å²) in [5.74, 6) is 0.842. The molecule has 0 spiro atoms. The molecule has 1 heteroatoms. The van der Waals surface area contributed by atoms with Gasteiger partial charge in [-0.3, -0.25) is 0 Å². The van der Waals surface area contributed by atoms with Gasteiger partial charge in [0.25, 0.3) is 0 Å². The Bertz CT molecular complexity index is 489. The number of fused-ring (bicyclic) bond motifs is 1. The fourth-order valence-electron chi connectivity index (χ4n) is 3.91. The van der Waals surface area contributed by atoms with Crippen LogP contribution in [0.2, 0.25) is 0 Å². The van der Waals surface area contributed by atoms with E-state index in [2.05, 4.69) is 44.9 Å². The summed E-state index contributed by atoms with van der Waals surface area (Å²) in [5, 5.41) is 0. The van der Waals surface area contributed by atoms with Crippen molar-refractivity contribution in [2.75, 3.05) is 13.6 Å². The number of rotatable bonds is 1. The SMILES string of the molecule is CN1CCc2c(cc(C(C)(C)C)cc2C2CCCC2)C1. The maximum atomic E-state index is 2.56. The minimum Gasteiger partial charge on any atom is -0.302 e. The van der Waals surface area contributed by atoms with E-state index in [-0.39, 0.29) is 5.41 Å². The Hall–Kier alpha value is -0.820. The van der Waals surface area contributed by atoms with Crippen molar-refractivity contribution in [1.82, 2.24) is 4.90 Å². The highest BCUT2D eigenvalue weighted by Crippen LogP contribution is 2.40. The van der Waals surface area contributed by atoms with E-state index in [1.807, 2.05) is 0 Å². The predicted octanol–water partition coefficient (Wildman–Crippen LogP) is 4.63. The van der Waals surface area contributed by atoms with Crippen molar-refractivity contribution in [3.63, 3.8) is 0 Å². The Morgan fingerprint density at radius 2 is 1.80 bits per heavy atom. The van der Waals surface area contributed by atoms with E-state index in [9.17, 15) is 0 Å². The van der Waals surface area contributed by atoms with Crippen LogP contribution >= 0.6 is 0 Å². The van der Waals surface area contributed by atoms with E-state index in [4.69, 9.17) is 0 Å². The number of likely N-dealkylation sites (N-methyl/N-ethyl adjacent to an activating group) is 1. The lowest BCUT2D eigenvalue weighted by molar-refractivity contribution is 0.311. The fraction of sp³-hybridized carbons (Fsp3) is 0.684. The second-order valence-corrected chi connectivity index (χ2v) is 7.92. The summed E-state index contributed by atoms with van der Waals surface area (Å²) in [6.45, 7) is 9.40. The van der Waals surface area contributed by atoms with Gasteiger partial charge in [-0.05, 0) is 59.9 Å². The molecule has 1 aromatic rings. The lowest BCUT2D eigenvalue weighted by atomic mass is 9.79.